The number of hydrogen-bond donors (Lipinski definition) is 1. The molecule has 0 spiro atoms. The van der Waals surface area contributed by atoms with Crippen LogP contribution in [-0.2, 0) is 10.5 Å². The second-order valence-corrected chi connectivity index (χ2v) is 7.00. The van der Waals surface area contributed by atoms with E-state index in [9.17, 15) is 4.79 Å². The average Bonchev–Trinajstić information content (AvgIpc) is 2.49. The number of halogens is 3. The van der Waals surface area contributed by atoms with Crippen molar-refractivity contribution in [2.75, 3.05) is 25.9 Å². The molecule has 1 N–H and O–H groups in total. The molecule has 0 atom stereocenters. The highest BCUT2D eigenvalue weighted by molar-refractivity contribution is 7.99. The number of carbonyl (C=O) groups is 1. The molecule has 22 heavy (non-hydrogen) atoms. The van der Waals surface area contributed by atoms with Gasteiger partial charge in [-0.1, -0.05) is 29.3 Å². The molecule has 0 radical (unpaired) electrons. The minimum atomic E-state index is 0. The van der Waals surface area contributed by atoms with Crippen LogP contribution in [0.4, 0.5) is 0 Å². The first kappa shape index (κ1) is 19.9. The molecule has 0 aromatic heterocycles. The monoisotopic (exact) mass is 382 g/mol. The van der Waals surface area contributed by atoms with Crippen molar-refractivity contribution >= 4 is 53.3 Å². The van der Waals surface area contributed by atoms with Gasteiger partial charge in [0.25, 0.3) is 0 Å². The molecule has 0 aliphatic carbocycles. The molecule has 7 heteroatoms. The zero-order valence-electron chi connectivity index (χ0n) is 12.5. The zero-order valence-corrected chi connectivity index (χ0v) is 15.6. The predicted octanol–water partition coefficient (Wildman–Crippen LogP) is 3.86. The second-order valence-electron chi connectivity index (χ2n) is 5.17. The van der Waals surface area contributed by atoms with Crippen LogP contribution in [0.3, 0.4) is 0 Å². The van der Waals surface area contributed by atoms with Gasteiger partial charge < -0.3 is 10.2 Å². The summed E-state index contributed by atoms with van der Waals surface area (Å²) >= 11 is 13.6. The summed E-state index contributed by atoms with van der Waals surface area (Å²) in [5.41, 5.74) is 1.02. The summed E-state index contributed by atoms with van der Waals surface area (Å²) in [7, 11) is 1.98. The van der Waals surface area contributed by atoms with Gasteiger partial charge >= 0.3 is 0 Å². The van der Waals surface area contributed by atoms with E-state index in [1.165, 1.54) is 0 Å². The minimum Gasteiger partial charge on any atom is -0.342 e. The Balaban J connectivity index is 0.00000242. The lowest BCUT2D eigenvalue weighted by Gasteiger charge is -2.31. The third-order valence-electron chi connectivity index (χ3n) is 3.75. The molecule has 1 heterocycles. The number of carbonyl (C=O) groups excluding carboxylic acids is 1. The Bertz CT molecular complexity index is 494. The van der Waals surface area contributed by atoms with Crippen molar-refractivity contribution in [1.29, 1.82) is 0 Å². The topological polar surface area (TPSA) is 32.3 Å². The summed E-state index contributed by atoms with van der Waals surface area (Å²) in [4.78, 5) is 14.1. The maximum atomic E-state index is 12.2. The Morgan fingerprint density at radius 1 is 1.36 bits per heavy atom. The third kappa shape index (κ3) is 5.82. The van der Waals surface area contributed by atoms with Crippen molar-refractivity contribution in [2.24, 2.45) is 0 Å². The Morgan fingerprint density at radius 3 is 2.64 bits per heavy atom. The standard InChI is InChI=1S/C15H20Cl2N2OS.ClH/c1-18-13-4-6-19(7-5-13)15(20)10-21-9-11-2-3-12(16)8-14(11)17;/h2-3,8,13,18H,4-7,9-10H2,1H3;1H. The minimum absolute atomic E-state index is 0. The van der Waals surface area contributed by atoms with Crippen molar-refractivity contribution < 1.29 is 4.79 Å². The van der Waals surface area contributed by atoms with E-state index < -0.39 is 0 Å². The number of rotatable bonds is 5. The molecule has 1 fully saturated rings. The van der Waals surface area contributed by atoms with Gasteiger partial charge in [0.15, 0.2) is 0 Å². The third-order valence-corrected chi connectivity index (χ3v) is 5.31. The number of nitrogens with one attached hydrogen (secondary N) is 1. The van der Waals surface area contributed by atoms with Gasteiger partial charge in [0.05, 0.1) is 5.75 Å². The fourth-order valence-electron chi connectivity index (χ4n) is 2.40. The number of likely N-dealkylation sites (tertiary alicyclic amines) is 1. The molecule has 2 rings (SSSR count). The first-order valence-corrected chi connectivity index (χ1v) is 8.98. The highest BCUT2D eigenvalue weighted by Gasteiger charge is 2.21. The van der Waals surface area contributed by atoms with E-state index in [0.717, 1.165) is 37.2 Å². The lowest BCUT2D eigenvalue weighted by Crippen LogP contribution is -2.44. The Labute approximate surface area is 152 Å². The van der Waals surface area contributed by atoms with Gasteiger partial charge in [0.1, 0.15) is 0 Å². The number of piperidine rings is 1. The van der Waals surface area contributed by atoms with Gasteiger partial charge in [-0.3, -0.25) is 4.79 Å². The van der Waals surface area contributed by atoms with Gasteiger partial charge in [0.2, 0.25) is 5.91 Å². The van der Waals surface area contributed by atoms with Crippen molar-refractivity contribution in [1.82, 2.24) is 10.2 Å². The summed E-state index contributed by atoms with van der Waals surface area (Å²) in [6.45, 7) is 1.71. The van der Waals surface area contributed by atoms with Crippen LogP contribution in [-0.4, -0.2) is 42.7 Å². The van der Waals surface area contributed by atoms with Crippen LogP contribution in [0.1, 0.15) is 18.4 Å². The van der Waals surface area contributed by atoms with Crippen molar-refractivity contribution in [2.45, 2.75) is 24.6 Å². The molecule has 1 aromatic rings. The highest BCUT2D eigenvalue weighted by atomic mass is 35.5. The lowest BCUT2D eigenvalue weighted by molar-refractivity contribution is -0.129. The summed E-state index contributed by atoms with van der Waals surface area (Å²) < 4.78 is 0. The molecule has 1 aliphatic rings. The van der Waals surface area contributed by atoms with Gasteiger partial charge in [-0.25, -0.2) is 0 Å². The van der Waals surface area contributed by atoms with Crippen molar-refractivity contribution in [3.8, 4) is 0 Å². The Morgan fingerprint density at radius 2 is 2.05 bits per heavy atom. The summed E-state index contributed by atoms with van der Waals surface area (Å²) in [5, 5.41) is 4.57. The maximum absolute atomic E-state index is 12.2. The normalized spacial score (nSPS) is 15.5. The zero-order chi connectivity index (χ0) is 15.2. The van der Waals surface area contributed by atoms with Crippen LogP contribution >= 0.6 is 47.4 Å². The second kappa shape index (κ2) is 9.89. The summed E-state index contributed by atoms with van der Waals surface area (Å²) in [6, 6.07) is 6.03. The van der Waals surface area contributed by atoms with Crippen LogP contribution in [0.15, 0.2) is 18.2 Å². The van der Waals surface area contributed by atoms with Crippen LogP contribution in [0.2, 0.25) is 10.0 Å². The first-order valence-electron chi connectivity index (χ1n) is 7.07. The lowest BCUT2D eigenvalue weighted by atomic mass is 10.1. The van der Waals surface area contributed by atoms with E-state index in [-0.39, 0.29) is 18.3 Å². The first-order chi connectivity index (χ1) is 10.1. The Hall–Kier alpha value is -0.130. The fraction of sp³-hybridized carbons (Fsp3) is 0.533. The van der Waals surface area contributed by atoms with E-state index in [1.807, 2.05) is 24.1 Å². The van der Waals surface area contributed by atoms with Crippen molar-refractivity contribution in [3.63, 3.8) is 0 Å². The van der Waals surface area contributed by atoms with E-state index in [1.54, 1.807) is 17.8 Å². The summed E-state index contributed by atoms with van der Waals surface area (Å²) in [6.07, 6.45) is 2.08. The quantitative estimate of drug-likeness (QED) is 0.838. The van der Waals surface area contributed by atoms with Crippen molar-refractivity contribution in [3.05, 3.63) is 33.8 Å². The highest BCUT2D eigenvalue weighted by Crippen LogP contribution is 2.25. The number of benzene rings is 1. The molecule has 1 saturated heterocycles. The smallest absolute Gasteiger partial charge is 0.232 e. The molecule has 0 unspecified atom stereocenters. The molecule has 124 valence electrons. The van der Waals surface area contributed by atoms with Crippen LogP contribution in [0, 0.1) is 0 Å². The Kier molecular flexibility index (Phi) is 8.95. The number of nitrogens with zero attached hydrogens (tertiary/aromatic N) is 1. The predicted molar refractivity (Wildman–Crippen MR) is 98.5 cm³/mol. The number of amides is 1. The molecule has 1 aliphatic heterocycles. The van der Waals surface area contributed by atoms with Crippen LogP contribution < -0.4 is 5.32 Å². The average molecular weight is 384 g/mol. The summed E-state index contributed by atoms with van der Waals surface area (Å²) in [5.74, 6) is 1.46. The van der Waals surface area contributed by atoms with E-state index in [4.69, 9.17) is 23.2 Å². The van der Waals surface area contributed by atoms with E-state index in [2.05, 4.69) is 5.32 Å². The molecule has 1 amide bonds. The van der Waals surface area contributed by atoms with Crippen LogP contribution in [0.5, 0.6) is 0 Å². The van der Waals surface area contributed by atoms with E-state index >= 15 is 0 Å². The largest absolute Gasteiger partial charge is 0.342 e. The molecular weight excluding hydrogens is 363 g/mol. The fourth-order valence-corrected chi connectivity index (χ4v) is 3.88. The van der Waals surface area contributed by atoms with Gasteiger partial charge in [0, 0.05) is 34.9 Å². The van der Waals surface area contributed by atoms with Crippen LogP contribution in [0.25, 0.3) is 0 Å². The maximum Gasteiger partial charge on any atom is 0.232 e. The van der Waals surface area contributed by atoms with Gasteiger partial charge in [-0.05, 0) is 37.6 Å². The molecule has 0 saturated carbocycles. The SMILES string of the molecule is CNC1CCN(C(=O)CSCc2ccc(Cl)cc2Cl)CC1.Cl. The van der Waals surface area contributed by atoms with E-state index in [0.29, 0.717) is 21.8 Å². The molecule has 1 aromatic carbocycles. The number of hydrogen-bond acceptors (Lipinski definition) is 3. The molecular formula is C15H21Cl3N2OS. The molecule has 0 bridgehead atoms. The van der Waals surface area contributed by atoms with Gasteiger partial charge in [-0.15, -0.1) is 24.2 Å². The van der Waals surface area contributed by atoms with Gasteiger partial charge in [-0.2, -0.15) is 0 Å². The molecule has 3 nitrogen and oxygen atoms in total. The number of thioether (sulfide) groups is 1.